The summed E-state index contributed by atoms with van der Waals surface area (Å²) in [7, 11) is 1.82. The molecule has 0 atom stereocenters. The lowest BCUT2D eigenvalue weighted by molar-refractivity contribution is 0.750. The van der Waals surface area contributed by atoms with E-state index in [4.69, 9.17) is 5.73 Å². The average Bonchev–Trinajstić information content (AvgIpc) is 2.69. The molecule has 1 aliphatic carbocycles. The van der Waals surface area contributed by atoms with E-state index in [0.29, 0.717) is 12.0 Å². The van der Waals surface area contributed by atoms with Crippen molar-refractivity contribution in [3.05, 3.63) is 6.07 Å². The van der Waals surface area contributed by atoms with Crippen molar-refractivity contribution in [1.82, 2.24) is 9.97 Å². The lowest BCUT2D eigenvalue weighted by Gasteiger charge is -2.13. The molecule has 0 amide bonds. The van der Waals surface area contributed by atoms with Gasteiger partial charge in [0.15, 0.2) is 0 Å². The van der Waals surface area contributed by atoms with Crippen LogP contribution in [0, 0.1) is 0 Å². The summed E-state index contributed by atoms with van der Waals surface area (Å²) >= 11 is 0. The van der Waals surface area contributed by atoms with E-state index in [1.165, 1.54) is 25.7 Å². The number of nitrogen functional groups attached to an aromatic ring is 1. The first kappa shape index (κ1) is 10.0. The van der Waals surface area contributed by atoms with Gasteiger partial charge in [0.25, 0.3) is 0 Å². The molecule has 5 heteroatoms. The van der Waals surface area contributed by atoms with Gasteiger partial charge in [-0.25, -0.2) is 0 Å². The van der Waals surface area contributed by atoms with Crippen LogP contribution in [0.15, 0.2) is 6.07 Å². The van der Waals surface area contributed by atoms with E-state index in [1.807, 2.05) is 13.1 Å². The zero-order valence-corrected chi connectivity index (χ0v) is 8.95. The Balaban J connectivity index is 2.09. The van der Waals surface area contributed by atoms with Crippen LogP contribution in [0.25, 0.3) is 0 Å². The number of anilines is 3. The molecular weight excluding hydrogens is 190 g/mol. The maximum atomic E-state index is 5.61. The summed E-state index contributed by atoms with van der Waals surface area (Å²) in [6, 6.07) is 2.43. The number of nitrogens with two attached hydrogens (primary N) is 1. The van der Waals surface area contributed by atoms with Crippen LogP contribution in [0.5, 0.6) is 0 Å². The molecule has 0 aromatic carbocycles. The third-order valence-corrected chi connectivity index (χ3v) is 2.71. The van der Waals surface area contributed by atoms with E-state index in [9.17, 15) is 0 Å². The fourth-order valence-corrected chi connectivity index (χ4v) is 1.95. The zero-order valence-electron chi connectivity index (χ0n) is 8.95. The van der Waals surface area contributed by atoms with E-state index in [-0.39, 0.29) is 0 Å². The van der Waals surface area contributed by atoms with Gasteiger partial charge in [-0.15, -0.1) is 0 Å². The third-order valence-electron chi connectivity index (χ3n) is 2.71. The summed E-state index contributed by atoms with van der Waals surface area (Å²) in [5.41, 5.74) is 5.61. The molecule has 82 valence electrons. The predicted octanol–water partition coefficient (Wildman–Crippen LogP) is 1.45. The molecule has 1 aromatic heterocycles. The van der Waals surface area contributed by atoms with E-state index >= 15 is 0 Å². The van der Waals surface area contributed by atoms with Crippen molar-refractivity contribution in [2.75, 3.05) is 23.4 Å². The molecular formula is C10H17N5. The van der Waals surface area contributed by atoms with Crippen molar-refractivity contribution in [1.29, 1.82) is 0 Å². The van der Waals surface area contributed by atoms with Crippen LogP contribution in [-0.4, -0.2) is 23.1 Å². The first-order valence-electron chi connectivity index (χ1n) is 5.37. The minimum absolute atomic E-state index is 0.308. The quantitative estimate of drug-likeness (QED) is 0.699. The lowest BCUT2D eigenvalue weighted by Crippen LogP contribution is -2.16. The standard InChI is InChI=1S/C10H17N5/c1-12-8-6-9(15-10(11)14-8)13-7-4-2-3-5-7/h6-7H,2-5H2,1H3,(H4,11,12,13,14,15). The van der Waals surface area contributed by atoms with E-state index in [1.54, 1.807) is 0 Å². The molecule has 15 heavy (non-hydrogen) atoms. The molecule has 2 rings (SSSR count). The van der Waals surface area contributed by atoms with Gasteiger partial charge in [-0.3, -0.25) is 0 Å². The number of nitrogens with zero attached hydrogens (tertiary/aromatic N) is 2. The van der Waals surface area contributed by atoms with Crippen molar-refractivity contribution in [2.45, 2.75) is 31.7 Å². The highest BCUT2D eigenvalue weighted by atomic mass is 15.1. The second-order valence-electron chi connectivity index (χ2n) is 3.87. The highest BCUT2D eigenvalue weighted by Crippen LogP contribution is 2.22. The molecule has 5 nitrogen and oxygen atoms in total. The van der Waals surface area contributed by atoms with Gasteiger partial charge in [0, 0.05) is 19.2 Å². The highest BCUT2D eigenvalue weighted by Gasteiger charge is 2.15. The molecule has 1 saturated carbocycles. The lowest BCUT2D eigenvalue weighted by atomic mass is 10.2. The molecule has 1 aliphatic rings. The van der Waals surface area contributed by atoms with E-state index in [0.717, 1.165) is 11.6 Å². The van der Waals surface area contributed by atoms with Crippen LogP contribution in [0.1, 0.15) is 25.7 Å². The predicted molar refractivity (Wildman–Crippen MR) is 61.9 cm³/mol. The van der Waals surface area contributed by atoms with Crippen molar-refractivity contribution in [2.24, 2.45) is 0 Å². The monoisotopic (exact) mass is 207 g/mol. The topological polar surface area (TPSA) is 75.9 Å². The van der Waals surface area contributed by atoms with Gasteiger partial charge >= 0.3 is 0 Å². The maximum absolute atomic E-state index is 5.61. The van der Waals surface area contributed by atoms with Gasteiger partial charge in [0.05, 0.1) is 0 Å². The Morgan fingerprint density at radius 2 is 1.93 bits per heavy atom. The first-order chi connectivity index (χ1) is 7.28. The molecule has 4 N–H and O–H groups in total. The Labute approximate surface area is 89.5 Å². The molecule has 0 unspecified atom stereocenters. The van der Waals surface area contributed by atoms with E-state index in [2.05, 4.69) is 20.6 Å². The number of nitrogens with one attached hydrogen (secondary N) is 2. The summed E-state index contributed by atoms with van der Waals surface area (Å²) in [5.74, 6) is 1.88. The Bertz CT molecular complexity index is 333. The molecule has 0 aliphatic heterocycles. The molecule has 0 bridgehead atoms. The van der Waals surface area contributed by atoms with Crippen LogP contribution < -0.4 is 16.4 Å². The number of hydrogen-bond acceptors (Lipinski definition) is 5. The van der Waals surface area contributed by atoms with Gasteiger partial charge in [0.2, 0.25) is 5.95 Å². The van der Waals surface area contributed by atoms with Gasteiger partial charge in [-0.1, -0.05) is 12.8 Å². The third kappa shape index (κ3) is 2.49. The Kier molecular flexibility index (Phi) is 2.89. The minimum atomic E-state index is 0.308. The van der Waals surface area contributed by atoms with Crippen molar-refractivity contribution in [3.63, 3.8) is 0 Å². The fourth-order valence-electron chi connectivity index (χ4n) is 1.95. The van der Waals surface area contributed by atoms with Crippen LogP contribution in [0.2, 0.25) is 0 Å². The van der Waals surface area contributed by atoms with Crippen LogP contribution >= 0.6 is 0 Å². The summed E-state index contributed by atoms with van der Waals surface area (Å²) in [5, 5.41) is 6.35. The van der Waals surface area contributed by atoms with E-state index < -0.39 is 0 Å². The summed E-state index contributed by atoms with van der Waals surface area (Å²) in [6.07, 6.45) is 5.05. The minimum Gasteiger partial charge on any atom is -0.373 e. The van der Waals surface area contributed by atoms with Gasteiger partial charge in [-0.2, -0.15) is 9.97 Å². The summed E-state index contributed by atoms with van der Waals surface area (Å²) < 4.78 is 0. The van der Waals surface area contributed by atoms with Crippen molar-refractivity contribution < 1.29 is 0 Å². The molecule has 0 radical (unpaired) electrons. The second kappa shape index (κ2) is 4.33. The van der Waals surface area contributed by atoms with Crippen LogP contribution in [-0.2, 0) is 0 Å². The van der Waals surface area contributed by atoms with Crippen molar-refractivity contribution in [3.8, 4) is 0 Å². The fraction of sp³-hybridized carbons (Fsp3) is 0.600. The van der Waals surface area contributed by atoms with Gasteiger partial charge in [-0.05, 0) is 12.8 Å². The van der Waals surface area contributed by atoms with Crippen LogP contribution in [0.4, 0.5) is 17.6 Å². The SMILES string of the molecule is CNc1cc(NC2CCCC2)nc(N)n1. The maximum Gasteiger partial charge on any atom is 0.223 e. The van der Waals surface area contributed by atoms with Gasteiger partial charge in [0.1, 0.15) is 11.6 Å². The molecule has 0 saturated heterocycles. The number of hydrogen-bond donors (Lipinski definition) is 3. The Morgan fingerprint density at radius 1 is 1.27 bits per heavy atom. The second-order valence-corrected chi connectivity index (χ2v) is 3.87. The average molecular weight is 207 g/mol. The zero-order chi connectivity index (χ0) is 10.7. The molecule has 1 fully saturated rings. The largest absolute Gasteiger partial charge is 0.373 e. The van der Waals surface area contributed by atoms with Crippen LogP contribution in [0.3, 0.4) is 0 Å². The summed E-state index contributed by atoms with van der Waals surface area (Å²) in [6.45, 7) is 0. The van der Waals surface area contributed by atoms with Crippen molar-refractivity contribution >= 4 is 17.6 Å². The highest BCUT2D eigenvalue weighted by molar-refractivity contribution is 5.51. The number of rotatable bonds is 3. The normalized spacial score (nSPS) is 16.6. The molecule has 1 heterocycles. The molecule has 1 aromatic rings. The Hall–Kier alpha value is -1.52. The smallest absolute Gasteiger partial charge is 0.223 e. The van der Waals surface area contributed by atoms with Gasteiger partial charge < -0.3 is 16.4 Å². The summed E-state index contributed by atoms with van der Waals surface area (Å²) in [4.78, 5) is 8.20. The number of aromatic nitrogens is 2. The Morgan fingerprint density at radius 3 is 2.60 bits per heavy atom. The molecule has 0 spiro atoms. The first-order valence-corrected chi connectivity index (χ1v) is 5.37.